The fraction of sp³-hybridized carbons (Fsp3) is 0.118. The van der Waals surface area contributed by atoms with E-state index in [9.17, 15) is 0 Å². The number of benzene rings is 10. The maximum atomic E-state index is 2.50. The molecule has 0 saturated carbocycles. The Morgan fingerprint density at radius 2 is 0.667 bits per heavy atom. The van der Waals surface area contributed by atoms with Crippen molar-refractivity contribution in [1.29, 1.82) is 0 Å². The Morgan fingerprint density at radius 3 is 1.13 bits per heavy atom. The molecule has 0 heterocycles. The number of hydrogen-bond donors (Lipinski definition) is 0. The van der Waals surface area contributed by atoms with Crippen LogP contribution in [0.5, 0.6) is 0 Å². The van der Waals surface area contributed by atoms with Crippen LogP contribution in [0.2, 0.25) is 0 Å². The first kappa shape index (κ1) is 42.4. The highest BCUT2D eigenvalue weighted by atomic mass is 15.1. The number of nitrogens with zero attached hydrogens (tertiary/aromatic N) is 1. The molecular weight excluding hydrogens is 831 g/mol. The Balaban J connectivity index is 1.13. The molecule has 1 atom stereocenters. The molecule has 332 valence electrons. The molecule has 0 saturated heterocycles. The highest BCUT2D eigenvalue weighted by Gasteiger charge is 2.48. The van der Waals surface area contributed by atoms with Crippen LogP contribution in [0.3, 0.4) is 0 Å². The van der Waals surface area contributed by atoms with E-state index in [2.05, 4.69) is 282 Å². The molecule has 10 aromatic carbocycles. The summed E-state index contributed by atoms with van der Waals surface area (Å²) >= 11 is 0. The van der Waals surface area contributed by atoms with E-state index in [-0.39, 0.29) is 5.41 Å². The summed E-state index contributed by atoms with van der Waals surface area (Å²) in [5.41, 5.74) is 23.7. The van der Waals surface area contributed by atoms with Gasteiger partial charge in [0.1, 0.15) is 0 Å². The number of fused-ring (bicyclic) bond motifs is 6. The topological polar surface area (TPSA) is 3.24 Å². The zero-order valence-corrected chi connectivity index (χ0v) is 40.0. The van der Waals surface area contributed by atoms with Gasteiger partial charge in [0.05, 0.1) is 10.8 Å². The lowest BCUT2D eigenvalue weighted by Gasteiger charge is -2.36. The van der Waals surface area contributed by atoms with Crippen molar-refractivity contribution in [3.63, 3.8) is 0 Å². The van der Waals surface area contributed by atoms with Crippen LogP contribution < -0.4 is 4.90 Å². The molecule has 1 nitrogen and oxygen atoms in total. The lowest BCUT2D eigenvalue weighted by Crippen LogP contribution is -2.29. The van der Waals surface area contributed by atoms with Crippen molar-refractivity contribution in [2.45, 2.75) is 50.9 Å². The fourth-order valence-corrected chi connectivity index (χ4v) is 11.8. The average molecular weight is 886 g/mol. The predicted molar refractivity (Wildman–Crippen MR) is 289 cm³/mol. The van der Waals surface area contributed by atoms with Gasteiger partial charge in [0.25, 0.3) is 0 Å². The largest absolute Gasteiger partial charge is 0.310 e. The number of anilines is 3. The van der Waals surface area contributed by atoms with Crippen molar-refractivity contribution in [1.82, 2.24) is 0 Å². The second-order valence-corrected chi connectivity index (χ2v) is 20.2. The van der Waals surface area contributed by atoms with Crippen LogP contribution in [0.25, 0.3) is 33.4 Å². The quantitative estimate of drug-likeness (QED) is 0.147. The van der Waals surface area contributed by atoms with Crippen molar-refractivity contribution < 1.29 is 0 Å². The van der Waals surface area contributed by atoms with Crippen molar-refractivity contribution in [2.75, 3.05) is 4.90 Å². The van der Waals surface area contributed by atoms with Crippen LogP contribution in [0, 0.1) is 13.8 Å². The van der Waals surface area contributed by atoms with Crippen molar-refractivity contribution in [3.8, 4) is 33.4 Å². The fourth-order valence-electron chi connectivity index (χ4n) is 11.8. The van der Waals surface area contributed by atoms with Gasteiger partial charge in [-0.25, -0.2) is 0 Å². The molecule has 0 N–H and O–H groups in total. The molecule has 0 aromatic heterocycles. The molecule has 2 aliphatic carbocycles. The maximum Gasteiger partial charge on any atom is 0.0714 e. The van der Waals surface area contributed by atoms with E-state index >= 15 is 0 Å². The second kappa shape index (κ2) is 16.4. The van der Waals surface area contributed by atoms with Gasteiger partial charge in [-0.1, -0.05) is 238 Å². The van der Waals surface area contributed by atoms with Crippen LogP contribution in [0.4, 0.5) is 17.1 Å². The number of aryl methyl sites for hydroxylation is 2. The second-order valence-electron chi connectivity index (χ2n) is 20.2. The first-order valence-electron chi connectivity index (χ1n) is 24.4. The van der Waals surface area contributed by atoms with Crippen molar-refractivity contribution in [3.05, 3.63) is 304 Å². The molecule has 0 amide bonds. The summed E-state index contributed by atoms with van der Waals surface area (Å²) in [6.45, 7) is 11.3. The minimum Gasteiger partial charge on any atom is -0.310 e. The van der Waals surface area contributed by atoms with Gasteiger partial charge >= 0.3 is 0 Å². The van der Waals surface area contributed by atoms with E-state index < -0.39 is 10.8 Å². The molecule has 0 aliphatic heterocycles. The molecule has 2 aliphatic rings. The van der Waals surface area contributed by atoms with Crippen LogP contribution in [0.15, 0.2) is 243 Å². The van der Waals surface area contributed by atoms with E-state index in [0.29, 0.717) is 0 Å². The highest BCUT2D eigenvalue weighted by Crippen LogP contribution is 2.60. The lowest BCUT2D eigenvalue weighted by molar-refractivity contribution is 0.589. The predicted octanol–water partition coefficient (Wildman–Crippen LogP) is 17.5. The smallest absolute Gasteiger partial charge is 0.0714 e. The molecular formula is C68H55N. The van der Waals surface area contributed by atoms with E-state index in [4.69, 9.17) is 0 Å². The third kappa shape index (κ3) is 6.67. The van der Waals surface area contributed by atoms with E-state index in [1.165, 1.54) is 94.6 Å². The molecule has 0 bridgehead atoms. The summed E-state index contributed by atoms with van der Waals surface area (Å²) in [7, 11) is 0. The van der Waals surface area contributed by atoms with Gasteiger partial charge in [0.2, 0.25) is 0 Å². The number of rotatable bonds is 8. The van der Waals surface area contributed by atoms with Gasteiger partial charge in [-0.15, -0.1) is 0 Å². The summed E-state index contributed by atoms with van der Waals surface area (Å²) in [5, 5.41) is 0. The van der Waals surface area contributed by atoms with E-state index in [0.717, 1.165) is 17.1 Å². The molecule has 69 heavy (non-hydrogen) atoms. The molecule has 0 radical (unpaired) electrons. The minimum absolute atomic E-state index is 0.0292. The minimum atomic E-state index is -0.561. The maximum absolute atomic E-state index is 2.50. The average Bonchev–Trinajstić information content (AvgIpc) is 3.85. The van der Waals surface area contributed by atoms with Crippen LogP contribution in [0.1, 0.15) is 82.0 Å². The Kier molecular flexibility index (Phi) is 10.0. The zero-order chi connectivity index (χ0) is 46.9. The summed E-state index contributed by atoms with van der Waals surface area (Å²) in [6, 6.07) is 91.6. The standard InChI is InChI=1S/C68H55N/c1-46-24-30-52(31-25-46)68(53-32-26-47(2)27-33-53)63-23-15-13-21-59(63)61-43-41-57(45-65(61)68)69(55-38-28-49(29-39-55)48-16-8-6-9-17-48)56-40-42-60-58-20-12-14-22-62(58)67(64(60)44-56,51-18-10-7-11-19-51)54-36-34-50(35-37-54)66(3,4)5/h6-45H,1-5H3. The molecule has 10 aromatic rings. The van der Waals surface area contributed by atoms with Crippen LogP contribution in [-0.2, 0) is 16.2 Å². The SMILES string of the molecule is Cc1ccc(C2(c3ccc(C)cc3)c3ccccc3-c3ccc(N(c4ccc(-c5ccccc5)cc4)c4ccc5c(c4)C(c4ccccc4)(c4ccc(C(C)(C)C)cc4)c4ccccc4-5)cc32)cc1. The van der Waals surface area contributed by atoms with E-state index in [1.807, 2.05) is 0 Å². The molecule has 0 spiro atoms. The van der Waals surface area contributed by atoms with Gasteiger partial charge < -0.3 is 4.90 Å². The molecule has 1 unspecified atom stereocenters. The summed E-state index contributed by atoms with van der Waals surface area (Å²) in [4.78, 5) is 2.49. The van der Waals surface area contributed by atoms with Crippen LogP contribution in [-0.4, -0.2) is 0 Å². The lowest BCUT2D eigenvalue weighted by atomic mass is 9.67. The molecule has 12 rings (SSSR count). The van der Waals surface area contributed by atoms with Gasteiger partial charge in [-0.3, -0.25) is 0 Å². The van der Waals surface area contributed by atoms with Crippen molar-refractivity contribution in [2.24, 2.45) is 0 Å². The Bertz CT molecular complexity index is 3460. The Labute approximate surface area is 408 Å². The highest BCUT2D eigenvalue weighted by molar-refractivity contribution is 5.92. The third-order valence-corrected chi connectivity index (χ3v) is 15.2. The third-order valence-electron chi connectivity index (χ3n) is 15.2. The zero-order valence-electron chi connectivity index (χ0n) is 40.0. The molecule has 1 heteroatoms. The first-order valence-corrected chi connectivity index (χ1v) is 24.4. The Hall–Kier alpha value is -8.00. The van der Waals surface area contributed by atoms with Crippen molar-refractivity contribution >= 4 is 17.1 Å². The van der Waals surface area contributed by atoms with Gasteiger partial charge in [-0.2, -0.15) is 0 Å². The Morgan fingerprint density at radius 1 is 0.304 bits per heavy atom. The summed E-state index contributed by atoms with van der Waals surface area (Å²) in [5.74, 6) is 0. The van der Waals surface area contributed by atoms with Crippen LogP contribution >= 0.6 is 0 Å². The van der Waals surface area contributed by atoms with Gasteiger partial charge in [0.15, 0.2) is 0 Å². The number of hydrogen-bond acceptors (Lipinski definition) is 1. The van der Waals surface area contributed by atoms with E-state index in [1.54, 1.807) is 0 Å². The van der Waals surface area contributed by atoms with Gasteiger partial charge in [0, 0.05) is 17.1 Å². The monoisotopic (exact) mass is 885 g/mol. The first-order chi connectivity index (χ1) is 33.7. The van der Waals surface area contributed by atoms with Gasteiger partial charge in [-0.05, 0) is 139 Å². The molecule has 0 fully saturated rings. The summed E-state index contributed by atoms with van der Waals surface area (Å²) in [6.07, 6.45) is 0. The summed E-state index contributed by atoms with van der Waals surface area (Å²) < 4.78 is 0. The normalized spacial score (nSPS) is 15.2.